The van der Waals surface area contributed by atoms with E-state index < -0.39 is 0 Å². The average Bonchev–Trinajstić information content (AvgIpc) is 3.33. The van der Waals surface area contributed by atoms with Gasteiger partial charge in [-0.2, -0.15) is 10.2 Å². The van der Waals surface area contributed by atoms with E-state index in [1.807, 2.05) is 13.2 Å². The van der Waals surface area contributed by atoms with Crippen molar-refractivity contribution in [3.05, 3.63) is 40.2 Å². The number of rotatable bonds is 3. The van der Waals surface area contributed by atoms with E-state index >= 15 is 0 Å². The molecular formula is C18H21N7O. The molecule has 1 fully saturated rings. The van der Waals surface area contributed by atoms with Gasteiger partial charge in [-0.05, 0) is 37.7 Å². The molecule has 1 aliphatic heterocycles. The van der Waals surface area contributed by atoms with Gasteiger partial charge < -0.3 is 4.90 Å². The number of aryl methyl sites for hydroxylation is 3. The minimum Gasteiger partial charge on any atom is -0.351 e. The van der Waals surface area contributed by atoms with Crippen molar-refractivity contribution in [2.24, 2.45) is 7.05 Å². The van der Waals surface area contributed by atoms with E-state index in [-0.39, 0.29) is 11.6 Å². The summed E-state index contributed by atoms with van der Waals surface area (Å²) < 4.78 is 3.41. The van der Waals surface area contributed by atoms with Crippen LogP contribution in [0.3, 0.4) is 0 Å². The molecule has 3 aromatic rings. The third-order valence-corrected chi connectivity index (χ3v) is 5.47. The molecule has 134 valence electrons. The Balaban J connectivity index is 1.49. The minimum atomic E-state index is 0.00622. The van der Waals surface area contributed by atoms with Crippen molar-refractivity contribution in [1.82, 2.24) is 29.5 Å². The Hall–Kier alpha value is -2.77. The summed E-state index contributed by atoms with van der Waals surface area (Å²) >= 11 is 0. The lowest BCUT2D eigenvalue weighted by atomic mass is 10.2. The van der Waals surface area contributed by atoms with E-state index in [1.54, 1.807) is 21.8 Å². The second kappa shape index (κ2) is 5.89. The molecule has 0 bridgehead atoms. The molecule has 8 nitrogen and oxygen atoms in total. The molecule has 8 heteroatoms. The van der Waals surface area contributed by atoms with Gasteiger partial charge in [0.25, 0.3) is 5.56 Å². The zero-order chi connectivity index (χ0) is 17.7. The quantitative estimate of drug-likeness (QED) is 0.702. The van der Waals surface area contributed by atoms with Crippen molar-refractivity contribution in [3.8, 4) is 0 Å². The van der Waals surface area contributed by atoms with Crippen molar-refractivity contribution in [2.45, 2.75) is 44.7 Å². The highest BCUT2D eigenvalue weighted by Crippen LogP contribution is 2.29. The highest BCUT2D eigenvalue weighted by Gasteiger charge is 2.29. The molecule has 0 spiro atoms. The van der Waals surface area contributed by atoms with Crippen molar-refractivity contribution in [1.29, 1.82) is 0 Å². The van der Waals surface area contributed by atoms with Crippen LogP contribution in [0.25, 0.3) is 11.0 Å². The summed E-state index contributed by atoms with van der Waals surface area (Å²) in [5.41, 5.74) is 2.93. The van der Waals surface area contributed by atoms with E-state index in [0.29, 0.717) is 12.2 Å². The summed E-state index contributed by atoms with van der Waals surface area (Å²) in [6, 6.07) is 1.98. The highest BCUT2D eigenvalue weighted by atomic mass is 16.1. The molecule has 0 radical (unpaired) electrons. The van der Waals surface area contributed by atoms with Crippen LogP contribution in [0.1, 0.15) is 30.5 Å². The van der Waals surface area contributed by atoms with Gasteiger partial charge in [0.05, 0.1) is 23.7 Å². The number of hydrogen-bond donors (Lipinski definition) is 0. The van der Waals surface area contributed by atoms with Crippen molar-refractivity contribution in [3.63, 3.8) is 0 Å². The van der Waals surface area contributed by atoms with Gasteiger partial charge in [-0.1, -0.05) is 0 Å². The number of hydrogen-bond acceptors (Lipinski definition) is 6. The fraction of sp³-hybridized carbons (Fsp3) is 0.500. The van der Waals surface area contributed by atoms with Crippen molar-refractivity contribution < 1.29 is 0 Å². The molecule has 1 atom stereocenters. The van der Waals surface area contributed by atoms with E-state index in [2.05, 4.69) is 25.1 Å². The Morgan fingerprint density at radius 2 is 2.12 bits per heavy atom. The number of anilines is 1. The fourth-order valence-electron chi connectivity index (χ4n) is 4.24. The molecule has 4 heterocycles. The smallest absolute Gasteiger partial charge is 0.267 e. The van der Waals surface area contributed by atoms with Crippen LogP contribution in [0.2, 0.25) is 0 Å². The largest absolute Gasteiger partial charge is 0.351 e. The maximum Gasteiger partial charge on any atom is 0.267 e. The van der Waals surface area contributed by atoms with Crippen molar-refractivity contribution >= 4 is 16.9 Å². The molecule has 0 N–H and O–H groups in total. The van der Waals surface area contributed by atoms with Crippen LogP contribution >= 0.6 is 0 Å². The lowest BCUT2D eigenvalue weighted by Crippen LogP contribution is -2.38. The first-order chi connectivity index (χ1) is 12.7. The standard InChI is InChI=1S/C18H21N7O/c1-23-10-14-17(22-23)19-11-20-18(14)24-7-3-5-13(24)9-25-16(26)8-12-4-2-6-15(12)21-25/h8,10-11,13H,2-7,9H2,1H3. The zero-order valence-electron chi connectivity index (χ0n) is 14.8. The van der Waals surface area contributed by atoms with Crippen LogP contribution in [0.4, 0.5) is 5.82 Å². The molecule has 5 rings (SSSR count). The summed E-state index contributed by atoms with van der Waals surface area (Å²) in [4.78, 5) is 23.5. The number of fused-ring (bicyclic) bond motifs is 2. The monoisotopic (exact) mass is 351 g/mol. The first kappa shape index (κ1) is 15.5. The van der Waals surface area contributed by atoms with Gasteiger partial charge in [0.2, 0.25) is 0 Å². The fourth-order valence-corrected chi connectivity index (χ4v) is 4.24. The predicted octanol–water partition coefficient (Wildman–Crippen LogP) is 1.08. The van der Waals surface area contributed by atoms with Crippen LogP contribution in [0, 0.1) is 0 Å². The third kappa shape index (κ3) is 2.48. The number of nitrogens with zero attached hydrogens (tertiary/aromatic N) is 7. The maximum absolute atomic E-state index is 12.5. The second-order valence-electron chi connectivity index (χ2n) is 7.22. The van der Waals surface area contributed by atoms with Gasteiger partial charge in [-0.15, -0.1) is 0 Å². The molecule has 26 heavy (non-hydrogen) atoms. The van der Waals surface area contributed by atoms with Crippen LogP contribution in [-0.4, -0.2) is 42.1 Å². The Morgan fingerprint density at radius 3 is 3.04 bits per heavy atom. The van der Waals surface area contributed by atoms with Gasteiger partial charge >= 0.3 is 0 Å². The van der Waals surface area contributed by atoms with Crippen LogP contribution in [-0.2, 0) is 26.4 Å². The molecule has 0 aromatic carbocycles. The Bertz CT molecular complexity index is 1040. The third-order valence-electron chi connectivity index (χ3n) is 5.47. The van der Waals surface area contributed by atoms with Crippen LogP contribution in [0.5, 0.6) is 0 Å². The van der Waals surface area contributed by atoms with Gasteiger partial charge in [0, 0.05) is 25.9 Å². The van der Waals surface area contributed by atoms with Crippen LogP contribution in [0.15, 0.2) is 23.4 Å². The molecule has 1 unspecified atom stereocenters. The number of aromatic nitrogens is 6. The molecule has 0 amide bonds. The lowest BCUT2D eigenvalue weighted by molar-refractivity contribution is 0.482. The second-order valence-corrected chi connectivity index (χ2v) is 7.22. The van der Waals surface area contributed by atoms with Gasteiger partial charge in [-0.25, -0.2) is 14.6 Å². The van der Waals surface area contributed by atoms with Gasteiger partial charge in [0.1, 0.15) is 12.1 Å². The Labute approximate surface area is 150 Å². The van der Waals surface area contributed by atoms with Crippen molar-refractivity contribution in [2.75, 3.05) is 11.4 Å². The molecule has 1 aliphatic carbocycles. The molecule has 1 saturated heterocycles. The van der Waals surface area contributed by atoms with E-state index in [4.69, 9.17) is 0 Å². The molecule has 0 saturated carbocycles. The molecule has 2 aliphatic rings. The summed E-state index contributed by atoms with van der Waals surface area (Å²) in [5.74, 6) is 0.903. The van der Waals surface area contributed by atoms with Gasteiger partial charge in [-0.3, -0.25) is 9.48 Å². The summed E-state index contributed by atoms with van der Waals surface area (Å²) in [6.45, 7) is 1.52. The summed E-state index contributed by atoms with van der Waals surface area (Å²) in [6.07, 6.45) is 8.69. The molecular weight excluding hydrogens is 330 g/mol. The lowest BCUT2D eigenvalue weighted by Gasteiger charge is -2.26. The average molecular weight is 351 g/mol. The van der Waals surface area contributed by atoms with E-state index in [1.165, 1.54) is 0 Å². The Morgan fingerprint density at radius 1 is 1.19 bits per heavy atom. The first-order valence-corrected chi connectivity index (χ1v) is 9.20. The summed E-state index contributed by atoms with van der Waals surface area (Å²) in [5, 5.41) is 9.97. The highest BCUT2D eigenvalue weighted by molar-refractivity contribution is 5.86. The van der Waals surface area contributed by atoms with E-state index in [0.717, 1.165) is 61.1 Å². The summed E-state index contributed by atoms with van der Waals surface area (Å²) in [7, 11) is 1.89. The topological polar surface area (TPSA) is 81.7 Å². The minimum absolute atomic E-state index is 0.00622. The zero-order valence-corrected chi connectivity index (χ0v) is 14.8. The molecule has 3 aromatic heterocycles. The SMILES string of the molecule is Cn1cc2c(N3CCCC3Cn3nc4c(cc3=O)CCC4)ncnc2n1. The first-order valence-electron chi connectivity index (χ1n) is 9.20. The normalized spacial score (nSPS) is 19.4. The predicted molar refractivity (Wildman–Crippen MR) is 97.2 cm³/mol. The van der Waals surface area contributed by atoms with Gasteiger partial charge in [0.15, 0.2) is 5.65 Å². The Kier molecular flexibility index (Phi) is 3.51. The van der Waals surface area contributed by atoms with Crippen LogP contribution < -0.4 is 10.5 Å². The van der Waals surface area contributed by atoms with E-state index in [9.17, 15) is 4.79 Å². The maximum atomic E-state index is 12.5.